The van der Waals surface area contributed by atoms with Crippen molar-refractivity contribution in [1.82, 2.24) is 10.6 Å². The van der Waals surface area contributed by atoms with Crippen molar-refractivity contribution in [2.75, 3.05) is 13.1 Å². The highest BCUT2D eigenvalue weighted by Crippen LogP contribution is 2.30. The quantitative estimate of drug-likeness (QED) is 0.872. The standard InChI is InChI=1S/C18H27FN2O.ClH/c1-18(2,3)11-16(13-6-8-15(19)9-7-13)21-17(22)14-5-4-10-20-12-14;/h6-9,14,16,20H,4-5,10-12H2,1-3H3,(H,21,22);1H. The molecule has 0 aliphatic carbocycles. The van der Waals surface area contributed by atoms with Crippen LogP contribution in [0.2, 0.25) is 0 Å². The van der Waals surface area contributed by atoms with E-state index in [2.05, 4.69) is 31.4 Å². The summed E-state index contributed by atoms with van der Waals surface area (Å²) >= 11 is 0. The summed E-state index contributed by atoms with van der Waals surface area (Å²) in [5.41, 5.74) is 1.05. The predicted molar refractivity (Wildman–Crippen MR) is 94.2 cm³/mol. The summed E-state index contributed by atoms with van der Waals surface area (Å²) in [4.78, 5) is 12.5. The summed E-state index contributed by atoms with van der Waals surface area (Å²) in [5.74, 6) is -0.108. The fourth-order valence-electron chi connectivity index (χ4n) is 2.92. The zero-order valence-corrected chi connectivity index (χ0v) is 15.0. The number of rotatable bonds is 4. The van der Waals surface area contributed by atoms with Crippen LogP contribution in [0.4, 0.5) is 4.39 Å². The number of amides is 1. The third-order valence-corrected chi connectivity index (χ3v) is 4.07. The highest BCUT2D eigenvalue weighted by molar-refractivity contribution is 5.85. The second-order valence-electron chi connectivity index (χ2n) is 7.42. The van der Waals surface area contributed by atoms with Gasteiger partial charge in [-0.2, -0.15) is 0 Å². The maximum absolute atomic E-state index is 13.1. The molecule has 1 amide bonds. The van der Waals surface area contributed by atoms with Crippen LogP contribution in [0.1, 0.15) is 51.6 Å². The second kappa shape index (κ2) is 8.65. The minimum Gasteiger partial charge on any atom is -0.349 e. The van der Waals surface area contributed by atoms with Crippen LogP contribution >= 0.6 is 12.4 Å². The number of carbonyl (C=O) groups excluding carboxylic acids is 1. The molecule has 2 N–H and O–H groups in total. The van der Waals surface area contributed by atoms with Crippen molar-refractivity contribution in [2.24, 2.45) is 11.3 Å². The number of nitrogens with one attached hydrogen (secondary N) is 2. The van der Waals surface area contributed by atoms with E-state index in [4.69, 9.17) is 0 Å². The Labute approximate surface area is 144 Å². The first-order valence-corrected chi connectivity index (χ1v) is 8.12. The third kappa shape index (κ3) is 6.48. The van der Waals surface area contributed by atoms with Crippen molar-refractivity contribution >= 4 is 18.3 Å². The fourth-order valence-corrected chi connectivity index (χ4v) is 2.92. The molecule has 0 spiro atoms. The average Bonchev–Trinajstić information content (AvgIpc) is 2.47. The molecule has 2 unspecified atom stereocenters. The molecule has 1 aromatic rings. The Morgan fingerprint density at radius 2 is 2.00 bits per heavy atom. The minimum atomic E-state index is -0.249. The summed E-state index contributed by atoms with van der Waals surface area (Å²) in [7, 11) is 0. The molecule has 5 heteroatoms. The highest BCUT2D eigenvalue weighted by Gasteiger charge is 2.26. The molecule has 23 heavy (non-hydrogen) atoms. The molecule has 1 aliphatic heterocycles. The molecule has 0 radical (unpaired) electrons. The summed E-state index contributed by atoms with van der Waals surface area (Å²) in [6.07, 6.45) is 2.80. The summed E-state index contributed by atoms with van der Waals surface area (Å²) in [5, 5.41) is 6.45. The fraction of sp³-hybridized carbons (Fsp3) is 0.611. The predicted octanol–water partition coefficient (Wildman–Crippen LogP) is 3.84. The van der Waals surface area contributed by atoms with E-state index in [0.29, 0.717) is 0 Å². The molecule has 1 saturated heterocycles. The van der Waals surface area contributed by atoms with Crippen LogP contribution in [-0.2, 0) is 4.79 Å². The van der Waals surface area contributed by atoms with Gasteiger partial charge in [0.15, 0.2) is 0 Å². The van der Waals surface area contributed by atoms with Gasteiger partial charge in [-0.25, -0.2) is 4.39 Å². The summed E-state index contributed by atoms with van der Waals surface area (Å²) < 4.78 is 13.1. The number of piperidine rings is 1. The Bertz CT molecular complexity index is 493. The van der Waals surface area contributed by atoms with E-state index in [1.54, 1.807) is 12.1 Å². The van der Waals surface area contributed by atoms with Gasteiger partial charge in [0, 0.05) is 6.54 Å². The number of halogens is 2. The number of hydrogen-bond acceptors (Lipinski definition) is 2. The zero-order chi connectivity index (χ0) is 16.2. The van der Waals surface area contributed by atoms with Gasteiger partial charge in [0.1, 0.15) is 5.82 Å². The Balaban J connectivity index is 0.00000264. The van der Waals surface area contributed by atoms with Gasteiger partial charge in [0.2, 0.25) is 5.91 Å². The van der Waals surface area contributed by atoms with Crippen LogP contribution < -0.4 is 10.6 Å². The highest BCUT2D eigenvalue weighted by atomic mass is 35.5. The first kappa shape index (κ1) is 19.9. The van der Waals surface area contributed by atoms with Gasteiger partial charge in [-0.05, 0) is 48.9 Å². The van der Waals surface area contributed by atoms with Crippen molar-refractivity contribution in [3.63, 3.8) is 0 Å². The zero-order valence-electron chi connectivity index (χ0n) is 14.2. The minimum absolute atomic E-state index is 0. The normalized spacial score (nSPS) is 19.6. The smallest absolute Gasteiger partial charge is 0.224 e. The molecular formula is C18H28ClFN2O. The number of benzene rings is 1. The van der Waals surface area contributed by atoms with E-state index in [-0.39, 0.29) is 41.5 Å². The molecule has 1 fully saturated rings. The van der Waals surface area contributed by atoms with Gasteiger partial charge in [-0.1, -0.05) is 32.9 Å². The van der Waals surface area contributed by atoms with Crippen molar-refractivity contribution in [1.29, 1.82) is 0 Å². The number of carbonyl (C=O) groups is 1. The Kier molecular flexibility index (Phi) is 7.49. The lowest BCUT2D eigenvalue weighted by molar-refractivity contribution is -0.126. The van der Waals surface area contributed by atoms with Gasteiger partial charge >= 0.3 is 0 Å². The largest absolute Gasteiger partial charge is 0.349 e. The molecule has 3 nitrogen and oxygen atoms in total. The van der Waals surface area contributed by atoms with Crippen LogP contribution in [0.25, 0.3) is 0 Å². The number of hydrogen-bond donors (Lipinski definition) is 2. The lowest BCUT2D eigenvalue weighted by Crippen LogP contribution is -2.42. The van der Waals surface area contributed by atoms with E-state index in [1.807, 2.05) is 0 Å². The topological polar surface area (TPSA) is 41.1 Å². The van der Waals surface area contributed by atoms with Crippen molar-refractivity contribution in [3.05, 3.63) is 35.6 Å². The van der Waals surface area contributed by atoms with E-state index in [0.717, 1.165) is 37.9 Å². The molecule has 2 rings (SSSR count). The van der Waals surface area contributed by atoms with E-state index < -0.39 is 0 Å². The van der Waals surface area contributed by atoms with Crippen LogP contribution in [-0.4, -0.2) is 19.0 Å². The molecular weight excluding hydrogens is 315 g/mol. The van der Waals surface area contributed by atoms with Crippen LogP contribution in [0, 0.1) is 17.2 Å². The molecule has 1 heterocycles. The average molecular weight is 343 g/mol. The Morgan fingerprint density at radius 3 is 2.52 bits per heavy atom. The SMILES string of the molecule is CC(C)(C)CC(NC(=O)C1CCCNC1)c1ccc(F)cc1.Cl. The van der Waals surface area contributed by atoms with Gasteiger partial charge in [-0.15, -0.1) is 12.4 Å². The maximum atomic E-state index is 13.1. The van der Waals surface area contributed by atoms with Crippen LogP contribution in [0.5, 0.6) is 0 Å². The molecule has 0 saturated carbocycles. The molecule has 2 atom stereocenters. The van der Waals surface area contributed by atoms with Crippen molar-refractivity contribution in [3.8, 4) is 0 Å². The Hall–Kier alpha value is -1.13. The van der Waals surface area contributed by atoms with Crippen molar-refractivity contribution < 1.29 is 9.18 Å². The van der Waals surface area contributed by atoms with E-state index >= 15 is 0 Å². The third-order valence-electron chi connectivity index (χ3n) is 4.07. The first-order valence-electron chi connectivity index (χ1n) is 8.12. The lowest BCUT2D eigenvalue weighted by Gasteiger charge is -2.30. The monoisotopic (exact) mass is 342 g/mol. The molecule has 1 aliphatic rings. The van der Waals surface area contributed by atoms with E-state index in [9.17, 15) is 9.18 Å². The molecule has 1 aromatic carbocycles. The van der Waals surface area contributed by atoms with E-state index in [1.165, 1.54) is 12.1 Å². The summed E-state index contributed by atoms with van der Waals surface area (Å²) in [6.45, 7) is 8.19. The van der Waals surface area contributed by atoms with Gasteiger partial charge in [0.05, 0.1) is 12.0 Å². The summed E-state index contributed by atoms with van der Waals surface area (Å²) in [6, 6.07) is 6.38. The lowest BCUT2D eigenvalue weighted by atomic mass is 9.85. The van der Waals surface area contributed by atoms with Gasteiger partial charge in [0.25, 0.3) is 0 Å². The molecule has 0 aromatic heterocycles. The van der Waals surface area contributed by atoms with Crippen LogP contribution in [0.3, 0.4) is 0 Å². The first-order chi connectivity index (χ1) is 10.3. The molecule has 0 bridgehead atoms. The molecule has 130 valence electrons. The Morgan fingerprint density at radius 1 is 1.35 bits per heavy atom. The van der Waals surface area contributed by atoms with Gasteiger partial charge < -0.3 is 10.6 Å². The van der Waals surface area contributed by atoms with Crippen molar-refractivity contribution in [2.45, 2.75) is 46.1 Å². The maximum Gasteiger partial charge on any atom is 0.224 e. The second-order valence-corrected chi connectivity index (χ2v) is 7.42. The van der Waals surface area contributed by atoms with Gasteiger partial charge in [-0.3, -0.25) is 4.79 Å². The van der Waals surface area contributed by atoms with Crippen LogP contribution in [0.15, 0.2) is 24.3 Å².